The number of aromatic nitrogens is 4. The van der Waals surface area contributed by atoms with Crippen LogP contribution in [0.2, 0.25) is 0 Å². The monoisotopic (exact) mass is 376 g/mol. The van der Waals surface area contributed by atoms with Crippen molar-refractivity contribution in [1.29, 1.82) is 0 Å². The normalized spacial score (nSPS) is 18.2. The van der Waals surface area contributed by atoms with E-state index in [1.807, 2.05) is 18.2 Å². The smallest absolute Gasteiger partial charge is 0.159 e. The lowest BCUT2D eigenvalue weighted by molar-refractivity contribution is 0.234. The lowest BCUT2D eigenvalue weighted by Crippen LogP contribution is -2.50. The molecule has 0 aliphatic carbocycles. The Hall–Kier alpha value is -3.06. The van der Waals surface area contributed by atoms with Crippen LogP contribution < -0.4 is 9.64 Å². The van der Waals surface area contributed by atoms with E-state index in [9.17, 15) is 0 Å². The maximum absolute atomic E-state index is 5.36. The topological polar surface area (TPSA) is 73.1 Å². The molecule has 0 spiro atoms. The van der Waals surface area contributed by atoms with Crippen LogP contribution in [0.1, 0.15) is 6.92 Å². The molecule has 0 bridgehead atoms. The minimum absolute atomic E-state index is 0.548. The van der Waals surface area contributed by atoms with Crippen molar-refractivity contribution in [1.82, 2.24) is 25.1 Å². The highest BCUT2D eigenvalue weighted by atomic mass is 16.5. The molecular weight excluding hydrogens is 352 g/mol. The van der Waals surface area contributed by atoms with E-state index in [4.69, 9.17) is 9.72 Å². The molecule has 0 saturated carbocycles. The highest BCUT2D eigenvalue weighted by molar-refractivity contribution is 5.94. The maximum Gasteiger partial charge on any atom is 0.159 e. The van der Waals surface area contributed by atoms with Crippen LogP contribution in [0, 0.1) is 0 Å². The number of fused-ring (bicyclic) bond motifs is 2. The van der Waals surface area contributed by atoms with E-state index in [0.717, 1.165) is 58.8 Å². The number of aromatic amines is 2. The average Bonchev–Trinajstić information content (AvgIpc) is 3.32. The molecule has 7 nitrogen and oxygen atoms in total. The fourth-order valence-corrected chi connectivity index (χ4v) is 3.89. The number of likely N-dealkylation sites (N-methyl/N-ethyl adjacent to an activating group) is 1. The number of anilines is 1. The van der Waals surface area contributed by atoms with E-state index in [-0.39, 0.29) is 0 Å². The number of rotatable bonds is 3. The molecule has 3 heterocycles. The Balaban J connectivity index is 1.52. The summed E-state index contributed by atoms with van der Waals surface area (Å²) in [4.78, 5) is 13.1. The van der Waals surface area contributed by atoms with Crippen LogP contribution >= 0.6 is 0 Å². The maximum atomic E-state index is 5.36. The van der Waals surface area contributed by atoms with Crippen LogP contribution in [0.25, 0.3) is 33.5 Å². The van der Waals surface area contributed by atoms with Crippen LogP contribution in [0.15, 0.2) is 36.4 Å². The zero-order valence-electron chi connectivity index (χ0n) is 16.4. The summed E-state index contributed by atoms with van der Waals surface area (Å²) in [6, 6.07) is 12.9. The number of benzene rings is 2. The predicted octanol–water partition coefficient (Wildman–Crippen LogP) is 3.26. The lowest BCUT2D eigenvalue weighted by Gasteiger charge is -2.39. The van der Waals surface area contributed by atoms with Gasteiger partial charge in [-0.05, 0) is 50.4 Å². The Morgan fingerprint density at radius 3 is 2.82 bits per heavy atom. The molecular formula is C21H24N6O. The highest BCUT2D eigenvalue weighted by Gasteiger charge is 2.21. The molecule has 7 heteroatoms. The third-order valence-electron chi connectivity index (χ3n) is 5.78. The number of imidazole rings is 1. The van der Waals surface area contributed by atoms with Crippen LogP contribution in [0.4, 0.5) is 5.69 Å². The molecule has 1 fully saturated rings. The molecule has 144 valence electrons. The largest absolute Gasteiger partial charge is 0.497 e. The molecule has 2 N–H and O–H groups in total. The van der Waals surface area contributed by atoms with Gasteiger partial charge in [0, 0.05) is 36.7 Å². The van der Waals surface area contributed by atoms with Gasteiger partial charge < -0.3 is 19.5 Å². The Labute approximate surface area is 163 Å². The second kappa shape index (κ2) is 6.53. The van der Waals surface area contributed by atoms with Gasteiger partial charge >= 0.3 is 0 Å². The molecule has 0 radical (unpaired) electrons. The summed E-state index contributed by atoms with van der Waals surface area (Å²) in [5.74, 6) is 1.57. The van der Waals surface area contributed by atoms with Gasteiger partial charge in [0.15, 0.2) is 5.82 Å². The number of hydrogen-bond acceptors (Lipinski definition) is 5. The fourth-order valence-electron chi connectivity index (χ4n) is 3.89. The zero-order chi connectivity index (χ0) is 19.3. The third kappa shape index (κ3) is 2.79. The van der Waals surface area contributed by atoms with Crippen LogP contribution in [-0.4, -0.2) is 64.9 Å². The van der Waals surface area contributed by atoms with Crippen LogP contribution in [0.5, 0.6) is 5.75 Å². The van der Waals surface area contributed by atoms with Crippen LogP contribution in [0.3, 0.4) is 0 Å². The van der Waals surface area contributed by atoms with E-state index in [1.54, 1.807) is 7.11 Å². The molecule has 0 unspecified atom stereocenters. The Morgan fingerprint density at radius 1 is 1.11 bits per heavy atom. The van der Waals surface area contributed by atoms with Crippen molar-refractivity contribution in [2.75, 3.05) is 38.7 Å². The number of ether oxygens (including phenoxy) is 1. The van der Waals surface area contributed by atoms with Gasteiger partial charge in [0.2, 0.25) is 0 Å². The fraction of sp³-hybridized carbons (Fsp3) is 0.333. The first-order valence-corrected chi connectivity index (χ1v) is 9.60. The third-order valence-corrected chi connectivity index (χ3v) is 5.78. The molecule has 2 aromatic carbocycles. The molecule has 1 aliphatic rings. The SMILES string of the molecule is COc1ccc2[nH]nc(-c3nc4ccc(N5CCN(C)[C@H](C)C5)cc4[nH]3)c2c1. The van der Waals surface area contributed by atoms with E-state index in [0.29, 0.717) is 6.04 Å². The molecule has 1 saturated heterocycles. The number of H-pyrrole nitrogens is 2. The van der Waals surface area contributed by atoms with Gasteiger partial charge in [0.1, 0.15) is 11.4 Å². The average molecular weight is 376 g/mol. The first-order valence-electron chi connectivity index (χ1n) is 9.60. The van der Waals surface area contributed by atoms with Gasteiger partial charge in [-0.15, -0.1) is 0 Å². The molecule has 28 heavy (non-hydrogen) atoms. The lowest BCUT2D eigenvalue weighted by atomic mass is 10.1. The summed E-state index contributed by atoms with van der Waals surface area (Å²) in [7, 11) is 3.86. The summed E-state index contributed by atoms with van der Waals surface area (Å²) < 4.78 is 5.36. The van der Waals surface area contributed by atoms with Crippen molar-refractivity contribution >= 4 is 27.6 Å². The predicted molar refractivity (Wildman–Crippen MR) is 112 cm³/mol. The van der Waals surface area contributed by atoms with Crippen molar-refractivity contribution in [2.24, 2.45) is 0 Å². The Bertz CT molecular complexity index is 1150. The number of methoxy groups -OCH3 is 1. The van der Waals surface area contributed by atoms with Crippen molar-refractivity contribution in [2.45, 2.75) is 13.0 Å². The first-order chi connectivity index (χ1) is 13.6. The van der Waals surface area contributed by atoms with Gasteiger partial charge in [0.25, 0.3) is 0 Å². The summed E-state index contributed by atoms with van der Waals surface area (Å²) >= 11 is 0. The van der Waals surface area contributed by atoms with Crippen molar-refractivity contribution in [3.05, 3.63) is 36.4 Å². The minimum atomic E-state index is 0.548. The summed E-state index contributed by atoms with van der Waals surface area (Å²) in [6.07, 6.45) is 0. The molecule has 4 aromatic rings. The van der Waals surface area contributed by atoms with E-state index in [1.165, 1.54) is 5.69 Å². The Morgan fingerprint density at radius 2 is 2.00 bits per heavy atom. The van der Waals surface area contributed by atoms with Gasteiger partial charge in [-0.3, -0.25) is 5.10 Å². The summed E-state index contributed by atoms with van der Waals surface area (Å²) in [5, 5.41) is 8.54. The standard InChI is InChI=1S/C21H24N6O/c1-13-12-27(9-8-26(13)2)14-4-6-18-19(10-14)23-21(22-18)20-16-11-15(28-3)5-7-17(16)24-25-20/h4-7,10-11,13H,8-9,12H2,1-3H3,(H,22,23)(H,24,25)/t13-/m1/s1. The Kier molecular flexibility index (Phi) is 3.98. The zero-order valence-corrected chi connectivity index (χ0v) is 16.4. The summed E-state index contributed by atoms with van der Waals surface area (Å²) in [5.41, 5.74) is 4.97. The second-order valence-electron chi connectivity index (χ2n) is 7.55. The van der Waals surface area contributed by atoms with Gasteiger partial charge in [-0.25, -0.2) is 4.98 Å². The van der Waals surface area contributed by atoms with E-state index in [2.05, 4.69) is 57.2 Å². The number of piperazine rings is 1. The molecule has 2 aromatic heterocycles. The number of nitrogens with one attached hydrogen (secondary N) is 2. The number of nitrogens with zero attached hydrogens (tertiary/aromatic N) is 4. The molecule has 5 rings (SSSR count). The van der Waals surface area contributed by atoms with E-state index >= 15 is 0 Å². The van der Waals surface area contributed by atoms with Crippen molar-refractivity contribution < 1.29 is 4.74 Å². The first kappa shape index (κ1) is 17.1. The van der Waals surface area contributed by atoms with E-state index < -0.39 is 0 Å². The van der Waals surface area contributed by atoms with Gasteiger partial charge in [0.05, 0.1) is 23.7 Å². The quantitative estimate of drug-likeness (QED) is 0.574. The highest BCUT2D eigenvalue weighted by Crippen LogP contribution is 2.30. The number of hydrogen-bond donors (Lipinski definition) is 2. The summed E-state index contributed by atoms with van der Waals surface area (Å²) in [6.45, 7) is 5.43. The molecule has 1 aliphatic heterocycles. The minimum Gasteiger partial charge on any atom is -0.497 e. The van der Waals surface area contributed by atoms with Gasteiger partial charge in [-0.2, -0.15) is 5.10 Å². The van der Waals surface area contributed by atoms with Crippen LogP contribution in [-0.2, 0) is 0 Å². The molecule has 0 amide bonds. The van der Waals surface area contributed by atoms with Crippen molar-refractivity contribution in [3.8, 4) is 17.3 Å². The van der Waals surface area contributed by atoms with Gasteiger partial charge in [-0.1, -0.05) is 0 Å². The second-order valence-corrected chi connectivity index (χ2v) is 7.55. The molecule has 1 atom stereocenters. The van der Waals surface area contributed by atoms with Crippen molar-refractivity contribution in [3.63, 3.8) is 0 Å².